The van der Waals surface area contributed by atoms with Gasteiger partial charge in [-0.15, -0.1) is 0 Å². The molecule has 0 atom stereocenters. The maximum absolute atomic E-state index is 13.0. The number of hydrogen-bond donors (Lipinski definition) is 4. The standard InChI is InChI=1S/C28H34N6O6/c1-17(2)21-15-22(24(36)16-23(21)35)25-29-30-27(38)34(25)20-5-3-19(4-6-20)31-11-13-32(14-12-31)26(37)18-7-9-33(10-8-18)28(39)40/h3-6,15-18,35-36H,7-14H2,1-2H3,(H,30,38)(H,39,40). The number of piperazine rings is 1. The SMILES string of the molecule is CC(C)c1cc(-c2n[nH]c(=O)n2-c2ccc(N3CCN(C(=O)C4CCN(C(=O)O)CC4)CC3)cc2)c(O)cc1O. The summed E-state index contributed by atoms with van der Waals surface area (Å²) in [6.45, 7) is 7.13. The van der Waals surface area contributed by atoms with Crippen molar-refractivity contribution in [2.75, 3.05) is 44.2 Å². The highest BCUT2D eigenvalue weighted by Gasteiger charge is 2.31. The average molecular weight is 551 g/mol. The summed E-state index contributed by atoms with van der Waals surface area (Å²) in [6, 6.07) is 10.4. The van der Waals surface area contributed by atoms with Crippen molar-refractivity contribution in [2.24, 2.45) is 5.92 Å². The molecule has 3 aromatic rings. The summed E-state index contributed by atoms with van der Waals surface area (Å²) < 4.78 is 1.38. The molecule has 2 fully saturated rings. The summed E-state index contributed by atoms with van der Waals surface area (Å²) in [7, 11) is 0. The number of nitrogens with zero attached hydrogens (tertiary/aromatic N) is 5. The van der Waals surface area contributed by atoms with E-state index in [0.717, 1.165) is 5.69 Å². The van der Waals surface area contributed by atoms with E-state index in [1.54, 1.807) is 6.07 Å². The Balaban J connectivity index is 1.27. The third-order valence-corrected chi connectivity index (χ3v) is 7.86. The maximum Gasteiger partial charge on any atom is 0.407 e. The largest absolute Gasteiger partial charge is 0.508 e. The summed E-state index contributed by atoms with van der Waals surface area (Å²) in [6.07, 6.45) is 0.185. The van der Waals surface area contributed by atoms with Gasteiger partial charge >= 0.3 is 11.8 Å². The fourth-order valence-corrected chi connectivity index (χ4v) is 5.53. The summed E-state index contributed by atoms with van der Waals surface area (Å²) in [5.41, 5.74) is 2.03. The fraction of sp³-hybridized carbons (Fsp3) is 0.429. The fourth-order valence-electron chi connectivity index (χ4n) is 5.53. The lowest BCUT2D eigenvalue weighted by Crippen LogP contribution is -2.52. The lowest BCUT2D eigenvalue weighted by Gasteiger charge is -2.39. The Labute approximate surface area is 231 Å². The van der Waals surface area contributed by atoms with Gasteiger partial charge in [0.2, 0.25) is 5.91 Å². The minimum atomic E-state index is -0.932. The highest BCUT2D eigenvalue weighted by Crippen LogP contribution is 2.37. The van der Waals surface area contributed by atoms with E-state index in [1.807, 2.05) is 43.0 Å². The van der Waals surface area contributed by atoms with Crippen LogP contribution >= 0.6 is 0 Å². The van der Waals surface area contributed by atoms with E-state index >= 15 is 0 Å². The molecule has 0 radical (unpaired) electrons. The number of aromatic hydroxyl groups is 2. The first-order valence-electron chi connectivity index (χ1n) is 13.5. The number of phenolic OH excluding ortho intramolecular Hbond substituents is 2. The van der Waals surface area contributed by atoms with Gasteiger partial charge in [0.05, 0.1) is 11.3 Å². The number of phenols is 2. The minimum absolute atomic E-state index is 0.00142. The normalized spacial score (nSPS) is 16.5. The second-order valence-corrected chi connectivity index (χ2v) is 10.6. The van der Waals surface area contributed by atoms with Crippen molar-refractivity contribution < 1.29 is 24.9 Å². The number of benzene rings is 2. The Morgan fingerprint density at radius 2 is 1.52 bits per heavy atom. The van der Waals surface area contributed by atoms with Crippen molar-refractivity contribution in [2.45, 2.75) is 32.6 Å². The molecule has 0 saturated carbocycles. The number of nitrogens with one attached hydrogen (secondary N) is 1. The number of carboxylic acid groups (broad SMARTS) is 1. The molecule has 12 nitrogen and oxygen atoms in total. The molecular formula is C28H34N6O6. The van der Waals surface area contributed by atoms with Crippen LogP contribution in [0.15, 0.2) is 41.2 Å². The van der Waals surface area contributed by atoms with Gasteiger partial charge in [0.25, 0.3) is 0 Å². The monoisotopic (exact) mass is 550 g/mol. The Kier molecular flexibility index (Phi) is 7.42. The zero-order chi connectivity index (χ0) is 28.6. The van der Waals surface area contributed by atoms with Crippen LogP contribution in [-0.4, -0.2) is 91.2 Å². The predicted molar refractivity (Wildman–Crippen MR) is 148 cm³/mol. The van der Waals surface area contributed by atoms with Crippen LogP contribution in [0, 0.1) is 5.92 Å². The van der Waals surface area contributed by atoms with Crippen LogP contribution in [0.5, 0.6) is 11.5 Å². The number of hydrogen-bond acceptors (Lipinski definition) is 7. The van der Waals surface area contributed by atoms with E-state index in [2.05, 4.69) is 15.1 Å². The molecule has 4 N–H and O–H groups in total. The third kappa shape index (κ3) is 5.21. The van der Waals surface area contributed by atoms with Crippen LogP contribution in [-0.2, 0) is 4.79 Å². The second kappa shape index (κ2) is 10.9. The molecular weight excluding hydrogens is 516 g/mol. The molecule has 12 heteroatoms. The molecule has 0 aliphatic carbocycles. The van der Waals surface area contributed by atoms with E-state index in [-0.39, 0.29) is 35.1 Å². The Bertz CT molecular complexity index is 1450. The van der Waals surface area contributed by atoms with Gasteiger partial charge in [0.15, 0.2) is 5.82 Å². The molecule has 2 amide bonds. The molecule has 212 valence electrons. The highest BCUT2D eigenvalue weighted by molar-refractivity contribution is 5.79. The quantitative estimate of drug-likeness (QED) is 0.378. The van der Waals surface area contributed by atoms with E-state index in [1.165, 1.54) is 15.5 Å². The van der Waals surface area contributed by atoms with Crippen molar-refractivity contribution in [1.29, 1.82) is 0 Å². The second-order valence-electron chi connectivity index (χ2n) is 10.6. The summed E-state index contributed by atoms with van der Waals surface area (Å²) in [4.78, 5) is 42.3. The van der Waals surface area contributed by atoms with Gasteiger partial charge in [0.1, 0.15) is 11.5 Å². The van der Waals surface area contributed by atoms with Crippen LogP contribution in [0.25, 0.3) is 17.1 Å². The lowest BCUT2D eigenvalue weighted by atomic mass is 9.95. The number of piperidine rings is 1. The number of anilines is 1. The Hall–Kier alpha value is -4.48. The topological polar surface area (TPSA) is 155 Å². The van der Waals surface area contributed by atoms with Crippen molar-refractivity contribution in [1.82, 2.24) is 24.6 Å². The first kappa shape index (κ1) is 27.1. The lowest BCUT2D eigenvalue weighted by molar-refractivity contribution is -0.137. The van der Waals surface area contributed by atoms with Crippen molar-refractivity contribution >= 4 is 17.7 Å². The Morgan fingerprint density at radius 1 is 0.900 bits per heavy atom. The van der Waals surface area contributed by atoms with Gasteiger partial charge in [-0.2, -0.15) is 5.10 Å². The molecule has 2 aromatic carbocycles. The molecule has 0 bridgehead atoms. The van der Waals surface area contributed by atoms with Gasteiger partial charge in [-0.25, -0.2) is 19.3 Å². The molecule has 0 spiro atoms. The van der Waals surface area contributed by atoms with Gasteiger partial charge in [0, 0.05) is 56.9 Å². The Morgan fingerprint density at radius 3 is 2.12 bits per heavy atom. The van der Waals surface area contributed by atoms with Crippen LogP contribution in [0.4, 0.5) is 10.5 Å². The van der Waals surface area contributed by atoms with E-state index in [0.29, 0.717) is 68.9 Å². The molecule has 2 aliphatic heterocycles. The van der Waals surface area contributed by atoms with Gasteiger partial charge in [-0.3, -0.25) is 4.79 Å². The van der Waals surface area contributed by atoms with Crippen LogP contribution < -0.4 is 10.6 Å². The first-order chi connectivity index (χ1) is 19.1. The number of amides is 2. The zero-order valence-electron chi connectivity index (χ0n) is 22.6. The number of aromatic amines is 1. The number of H-pyrrole nitrogens is 1. The number of rotatable bonds is 5. The zero-order valence-corrected chi connectivity index (χ0v) is 22.6. The average Bonchev–Trinajstić information content (AvgIpc) is 3.33. The van der Waals surface area contributed by atoms with Crippen LogP contribution in [0.1, 0.15) is 38.2 Å². The number of carbonyl (C=O) groups excluding carboxylic acids is 1. The smallest absolute Gasteiger partial charge is 0.407 e. The summed E-state index contributed by atoms with van der Waals surface area (Å²) in [5.74, 6) is 0.00418. The molecule has 2 aliphatic rings. The van der Waals surface area contributed by atoms with Crippen molar-refractivity contribution in [3.05, 3.63) is 52.4 Å². The molecule has 0 unspecified atom stereocenters. The number of likely N-dealkylation sites (tertiary alicyclic amines) is 1. The predicted octanol–water partition coefficient (Wildman–Crippen LogP) is 2.80. The molecule has 3 heterocycles. The minimum Gasteiger partial charge on any atom is -0.508 e. The summed E-state index contributed by atoms with van der Waals surface area (Å²) >= 11 is 0. The van der Waals surface area contributed by atoms with Crippen molar-refractivity contribution in [3.63, 3.8) is 0 Å². The third-order valence-electron chi connectivity index (χ3n) is 7.86. The molecule has 40 heavy (non-hydrogen) atoms. The van der Waals surface area contributed by atoms with Crippen LogP contribution in [0.3, 0.4) is 0 Å². The van der Waals surface area contributed by atoms with Gasteiger partial charge < -0.3 is 30.0 Å². The molecule has 1 aromatic heterocycles. The number of carbonyl (C=O) groups is 2. The maximum atomic E-state index is 13.0. The highest BCUT2D eigenvalue weighted by atomic mass is 16.4. The first-order valence-corrected chi connectivity index (χ1v) is 13.5. The molecule has 2 saturated heterocycles. The molecule has 5 rings (SSSR count). The van der Waals surface area contributed by atoms with Gasteiger partial charge in [-0.05, 0) is 54.7 Å². The van der Waals surface area contributed by atoms with E-state index in [9.17, 15) is 24.6 Å². The van der Waals surface area contributed by atoms with Crippen molar-refractivity contribution in [3.8, 4) is 28.6 Å². The van der Waals surface area contributed by atoms with Gasteiger partial charge in [-0.1, -0.05) is 13.8 Å². The van der Waals surface area contributed by atoms with E-state index in [4.69, 9.17) is 5.11 Å². The van der Waals surface area contributed by atoms with E-state index < -0.39 is 11.8 Å². The van der Waals surface area contributed by atoms with Crippen LogP contribution in [0.2, 0.25) is 0 Å². The number of aromatic nitrogens is 3. The summed E-state index contributed by atoms with van der Waals surface area (Å²) in [5, 5.41) is 36.5.